The van der Waals surface area contributed by atoms with Crippen molar-refractivity contribution in [1.29, 1.82) is 0 Å². The molecule has 0 aliphatic carbocycles. The number of furan rings is 1. The fourth-order valence-corrected chi connectivity index (χ4v) is 2.13. The molecule has 0 aliphatic rings. The second-order valence-electron chi connectivity index (χ2n) is 4.93. The van der Waals surface area contributed by atoms with Crippen LogP contribution >= 0.6 is 0 Å². The van der Waals surface area contributed by atoms with Crippen LogP contribution in [0.4, 0.5) is 0 Å². The third-order valence-electron chi connectivity index (χ3n) is 3.23. The van der Waals surface area contributed by atoms with Gasteiger partial charge in [-0.1, -0.05) is 12.1 Å². The van der Waals surface area contributed by atoms with Crippen LogP contribution in [0, 0.1) is 6.92 Å². The molecule has 1 aromatic heterocycles. The van der Waals surface area contributed by atoms with E-state index in [0.29, 0.717) is 13.1 Å². The van der Waals surface area contributed by atoms with Crippen LogP contribution < -0.4 is 15.4 Å². The lowest BCUT2D eigenvalue weighted by Gasteiger charge is -2.11. The summed E-state index contributed by atoms with van der Waals surface area (Å²) in [5.74, 6) is 2.55. The number of nitrogens with one attached hydrogen (secondary N) is 2. The number of aryl methyl sites for hydroxylation is 1. The van der Waals surface area contributed by atoms with Gasteiger partial charge in [-0.25, -0.2) is 4.99 Å². The molecule has 1 aromatic carbocycles. The van der Waals surface area contributed by atoms with E-state index in [0.717, 1.165) is 35.1 Å². The molecule has 0 saturated heterocycles. The van der Waals surface area contributed by atoms with Gasteiger partial charge in [0.15, 0.2) is 5.96 Å². The van der Waals surface area contributed by atoms with Crippen molar-refractivity contribution in [2.24, 2.45) is 4.99 Å². The second kappa shape index (κ2) is 8.12. The molecule has 0 unspecified atom stereocenters. The predicted octanol–water partition coefficient (Wildman–Crippen LogP) is 2.85. The van der Waals surface area contributed by atoms with E-state index in [1.165, 1.54) is 0 Å². The molecule has 2 aromatic rings. The van der Waals surface area contributed by atoms with E-state index in [1.807, 2.05) is 38.1 Å². The van der Waals surface area contributed by atoms with E-state index < -0.39 is 0 Å². The second-order valence-corrected chi connectivity index (χ2v) is 4.93. The Bertz CT molecular complexity index is 606. The van der Waals surface area contributed by atoms with Gasteiger partial charge >= 0.3 is 0 Å². The Morgan fingerprint density at radius 1 is 1.27 bits per heavy atom. The molecule has 22 heavy (non-hydrogen) atoms. The third-order valence-corrected chi connectivity index (χ3v) is 3.23. The quantitative estimate of drug-likeness (QED) is 0.636. The van der Waals surface area contributed by atoms with Gasteiger partial charge in [-0.15, -0.1) is 0 Å². The number of nitrogens with zero attached hydrogens (tertiary/aromatic N) is 1. The molecule has 0 radical (unpaired) electrons. The van der Waals surface area contributed by atoms with E-state index in [-0.39, 0.29) is 0 Å². The molecule has 0 spiro atoms. The molecule has 0 atom stereocenters. The van der Waals surface area contributed by atoms with Gasteiger partial charge in [0.25, 0.3) is 0 Å². The summed E-state index contributed by atoms with van der Waals surface area (Å²) in [6.07, 6.45) is 1.67. The average molecular weight is 301 g/mol. The van der Waals surface area contributed by atoms with Crippen molar-refractivity contribution in [3.63, 3.8) is 0 Å². The molecule has 5 heteroatoms. The summed E-state index contributed by atoms with van der Waals surface area (Å²) in [5, 5.41) is 6.48. The van der Waals surface area contributed by atoms with Gasteiger partial charge in [-0.05, 0) is 43.2 Å². The standard InChI is InChI=1S/C17H23N3O2/c1-4-18-17(20-12-15-6-5-9-22-15)19-11-14-7-8-16(21-3)13(2)10-14/h5-10H,4,11-12H2,1-3H3,(H2,18,19,20). The first-order chi connectivity index (χ1) is 10.7. The lowest BCUT2D eigenvalue weighted by molar-refractivity contribution is 0.411. The van der Waals surface area contributed by atoms with Crippen LogP contribution in [0.25, 0.3) is 0 Å². The van der Waals surface area contributed by atoms with E-state index in [4.69, 9.17) is 9.15 Å². The molecule has 0 bridgehead atoms. The summed E-state index contributed by atoms with van der Waals surface area (Å²) >= 11 is 0. The van der Waals surface area contributed by atoms with Gasteiger partial charge in [0.05, 0.1) is 26.5 Å². The summed E-state index contributed by atoms with van der Waals surface area (Å²) in [7, 11) is 1.68. The van der Waals surface area contributed by atoms with Gasteiger partial charge in [0.1, 0.15) is 11.5 Å². The van der Waals surface area contributed by atoms with Gasteiger partial charge in [0.2, 0.25) is 0 Å². The van der Waals surface area contributed by atoms with E-state index in [2.05, 4.69) is 21.7 Å². The molecular formula is C17H23N3O2. The molecule has 0 fully saturated rings. The Kier molecular flexibility index (Phi) is 5.89. The SMILES string of the molecule is CCNC(=NCc1ccc(OC)c(C)c1)NCc1ccco1. The molecule has 1 heterocycles. The minimum absolute atomic E-state index is 0.609. The number of aliphatic imine (C=N–C) groups is 1. The van der Waals surface area contributed by atoms with Crippen molar-refractivity contribution in [2.75, 3.05) is 13.7 Å². The molecule has 2 rings (SSSR count). The summed E-state index contributed by atoms with van der Waals surface area (Å²) in [6, 6.07) is 9.91. The van der Waals surface area contributed by atoms with Crippen molar-refractivity contribution in [3.05, 3.63) is 53.5 Å². The molecule has 0 saturated carbocycles. The maximum atomic E-state index is 5.31. The molecule has 118 valence electrons. The van der Waals surface area contributed by atoms with Crippen molar-refractivity contribution >= 4 is 5.96 Å². The maximum Gasteiger partial charge on any atom is 0.191 e. The number of benzene rings is 1. The zero-order valence-electron chi connectivity index (χ0n) is 13.3. The Labute approximate surface area is 131 Å². The predicted molar refractivity (Wildman–Crippen MR) is 88.1 cm³/mol. The molecule has 5 nitrogen and oxygen atoms in total. The van der Waals surface area contributed by atoms with Crippen LogP contribution in [-0.4, -0.2) is 19.6 Å². The summed E-state index contributed by atoms with van der Waals surface area (Å²) < 4.78 is 10.6. The molecule has 0 amide bonds. The zero-order chi connectivity index (χ0) is 15.8. The lowest BCUT2D eigenvalue weighted by atomic mass is 10.1. The number of methoxy groups -OCH3 is 1. The average Bonchev–Trinajstić information content (AvgIpc) is 3.03. The first kappa shape index (κ1) is 15.9. The largest absolute Gasteiger partial charge is 0.496 e. The third kappa shape index (κ3) is 4.55. The van der Waals surface area contributed by atoms with Crippen LogP contribution in [0.5, 0.6) is 5.75 Å². The van der Waals surface area contributed by atoms with Crippen LogP contribution in [-0.2, 0) is 13.1 Å². The van der Waals surface area contributed by atoms with Crippen LogP contribution in [0.3, 0.4) is 0 Å². The van der Waals surface area contributed by atoms with Crippen LogP contribution in [0.1, 0.15) is 23.8 Å². The number of rotatable bonds is 6. The Hall–Kier alpha value is -2.43. The number of hydrogen-bond acceptors (Lipinski definition) is 3. The van der Waals surface area contributed by atoms with Gasteiger partial charge in [-0.3, -0.25) is 0 Å². The molecule has 0 aliphatic heterocycles. The Morgan fingerprint density at radius 2 is 2.14 bits per heavy atom. The van der Waals surface area contributed by atoms with Crippen molar-refractivity contribution in [1.82, 2.24) is 10.6 Å². The van der Waals surface area contributed by atoms with Crippen LogP contribution in [0.2, 0.25) is 0 Å². The van der Waals surface area contributed by atoms with Crippen molar-refractivity contribution < 1.29 is 9.15 Å². The Morgan fingerprint density at radius 3 is 2.77 bits per heavy atom. The topological polar surface area (TPSA) is 58.8 Å². The number of hydrogen-bond donors (Lipinski definition) is 2. The number of guanidine groups is 1. The molecular weight excluding hydrogens is 278 g/mol. The van der Waals surface area contributed by atoms with Gasteiger partial charge in [-0.2, -0.15) is 0 Å². The Balaban J connectivity index is 1.98. The first-order valence-corrected chi connectivity index (χ1v) is 7.41. The minimum Gasteiger partial charge on any atom is -0.496 e. The van der Waals surface area contributed by atoms with E-state index in [9.17, 15) is 0 Å². The van der Waals surface area contributed by atoms with Crippen LogP contribution in [0.15, 0.2) is 46.0 Å². The number of ether oxygens (including phenoxy) is 1. The highest BCUT2D eigenvalue weighted by Gasteiger charge is 2.02. The first-order valence-electron chi connectivity index (χ1n) is 7.41. The monoisotopic (exact) mass is 301 g/mol. The fourth-order valence-electron chi connectivity index (χ4n) is 2.13. The highest BCUT2D eigenvalue weighted by atomic mass is 16.5. The summed E-state index contributed by atoms with van der Waals surface area (Å²) in [5.41, 5.74) is 2.26. The van der Waals surface area contributed by atoms with Gasteiger partial charge < -0.3 is 19.8 Å². The summed E-state index contributed by atoms with van der Waals surface area (Å²) in [6.45, 7) is 6.11. The minimum atomic E-state index is 0.609. The smallest absolute Gasteiger partial charge is 0.191 e. The maximum absolute atomic E-state index is 5.31. The van der Waals surface area contributed by atoms with Gasteiger partial charge in [0, 0.05) is 6.54 Å². The van der Waals surface area contributed by atoms with E-state index >= 15 is 0 Å². The zero-order valence-corrected chi connectivity index (χ0v) is 13.3. The molecule has 2 N–H and O–H groups in total. The normalized spacial score (nSPS) is 11.3. The highest BCUT2D eigenvalue weighted by molar-refractivity contribution is 5.79. The van der Waals surface area contributed by atoms with Crippen molar-refractivity contribution in [2.45, 2.75) is 26.9 Å². The highest BCUT2D eigenvalue weighted by Crippen LogP contribution is 2.18. The summed E-state index contributed by atoms with van der Waals surface area (Å²) in [4.78, 5) is 4.59. The van der Waals surface area contributed by atoms with E-state index in [1.54, 1.807) is 13.4 Å². The lowest BCUT2D eigenvalue weighted by Crippen LogP contribution is -2.36. The van der Waals surface area contributed by atoms with Crippen molar-refractivity contribution in [3.8, 4) is 5.75 Å². The fraction of sp³-hybridized carbons (Fsp3) is 0.353.